The van der Waals surface area contributed by atoms with E-state index >= 15 is 0 Å². The van der Waals surface area contributed by atoms with Gasteiger partial charge in [0.15, 0.2) is 0 Å². The third-order valence-corrected chi connectivity index (χ3v) is 1.27. The summed E-state index contributed by atoms with van der Waals surface area (Å²) < 4.78 is 0. The van der Waals surface area contributed by atoms with E-state index in [1.165, 1.54) is 6.08 Å². The lowest BCUT2D eigenvalue weighted by Gasteiger charge is -1.85. The van der Waals surface area contributed by atoms with Crippen LogP contribution in [0.5, 0.6) is 0 Å². The molecule has 0 aliphatic rings. The third kappa shape index (κ3) is 1.93. The Morgan fingerprint density at radius 2 is 2.55 bits per heavy atom. The van der Waals surface area contributed by atoms with Gasteiger partial charge in [0.25, 0.3) is 0 Å². The number of primary amides is 1. The van der Waals surface area contributed by atoms with Gasteiger partial charge >= 0.3 is 0 Å². The molecule has 58 valence electrons. The van der Waals surface area contributed by atoms with Crippen LogP contribution >= 0.6 is 0 Å². The van der Waals surface area contributed by atoms with Crippen LogP contribution in [-0.4, -0.2) is 15.9 Å². The largest absolute Gasteiger partial charge is 0.366 e. The highest BCUT2D eigenvalue weighted by molar-refractivity contribution is 5.90. The molecule has 0 saturated carbocycles. The second kappa shape index (κ2) is 3.01. The van der Waals surface area contributed by atoms with E-state index in [0.29, 0.717) is 0 Å². The number of H-pyrrole nitrogens is 1. The van der Waals surface area contributed by atoms with Gasteiger partial charge in [-0.25, -0.2) is 4.98 Å². The smallest absolute Gasteiger partial charge is 0.241 e. The molecule has 1 aromatic heterocycles. The Hall–Kier alpha value is -1.58. The minimum absolute atomic E-state index is 0.465. The zero-order valence-corrected chi connectivity index (χ0v) is 6.16. The summed E-state index contributed by atoms with van der Waals surface area (Å²) in [5.74, 6) is -0.465. The number of hydrogen-bond acceptors (Lipinski definition) is 2. The molecule has 4 heteroatoms. The van der Waals surface area contributed by atoms with Crippen molar-refractivity contribution in [1.29, 1.82) is 0 Å². The van der Waals surface area contributed by atoms with Crippen molar-refractivity contribution in [3.8, 4) is 0 Å². The van der Waals surface area contributed by atoms with Crippen molar-refractivity contribution in [2.24, 2.45) is 5.73 Å². The van der Waals surface area contributed by atoms with Crippen molar-refractivity contribution in [2.45, 2.75) is 6.92 Å². The molecular weight excluding hydrogens is 142 g/mol. The Morgan fingerprint density at radius 1 is 1.82 bits per heavy atom. The summed E-state index contributed by atoms with van der Waals surface area (Å²) in [7, 11) is 0. The molecule has 0 bridgehead atoms. The zero-order valence-electron chi connectivity index (χ0n) is 6.16. The van der Waals surface area contributed by atoms with Crippen molar-refractivity contribution in [3.63, 3.8) is 0 Å². The number of nitrogens with one attached hydrogen (secondary N) is 1. The summed E-state index contributed by atoms with van der Waals surface area (Å²) >= 11 is 0. The van der Waals surface area contributed by atoms with Gasteiger partial charge in [-0.2, -0.15) is 0 Å². The molecule has 4 nitrogen and oxygen atoms in total. The Labute approximate surface area is 64.1 Å². The van der Waals surface area contributed by atoms with Crippen molar-refractivity contribution >= 4 is 12.0 Å². The number of hydrogen-bond donors (Lipinski definition) is 2. The Balaban J connectivity index is 2.79. The first kappa shape index (κ1) is 7.53. The molecule has 0 fully saturated rings. The summed E-state index contributed by atoms with van der Waals surface area (Å²) in [6.45, 7) is 1.87. The average molecular weight is 151 g/mol. The number of nitrogens with two attached hydrogens (primary N) is 1. The second-order valence-corrected chi connectivity index (χ2v) is 2.15. The van der Waals surface area contributed by atoms with E-state index in [0.717, 1.165) is 11.4 Å². The van der Waals surface area contributed by atoms with Gasteiger partial charge in [0.2, 0.25) is 5.91 Å². The fourth-order valence-electron chi connectivity index (χ4n) is 0.699. The van der Waals surface area contributed by atoms with Gasteiger partial charge in [-0.1, -0.05) is 0 Å². The van der Waals surface area contributed by atoms with Crippen LogP contribution in [0.15, 0.2) is 12.4 Å². The first-order valence-electron chi connectivity index (χ1n) is 3.17. The summed E-state index contributed by atoms with van der Waals surface area (Å²) in [5, 5.41) is 0. The van der Waals surface area contributed by atoms with Gasteiger partial charge in [-0.05, 0) is 13.0 Å². The van der Waals surface area contributed by atoms with Crippen LogP contribution in [0.25, 0.3) is 6.08 Å². The van der Waals surface area contributed by atoms with E-state index in [9.17, 15) is 4.79 Å². The molecule has 0 saturated heterocycles. The molecule has 0 atom stereocenters. The number of aromatic nitrogens is 2. The van der Waals surface area contributed by atoms with Crippen LogP contribution in [0.1, 0.15) is 11.4 Å². The molecule has 0 unspecified atom stereocenters. The predicted molar refractivity (Wildman–Crippen MR) is 41.6 cm³/mol. The number of aromatic amines is 1. The predicted octanol–water partition coefficient (Wildman–Crippen LogP) is 0.217. The minimum Gasteiger partial charge on any atom is -0.366 e. The number of nitrogens with zero attached hydrogens (tertiary/aromatic N) is 1. The highest BCUT2D eigenvalue weighted by Crippen LogP contribution is 2.01. The van der Waals surface area contributed by atoms with E-state index in [1.807, 2.05) is 6.92 Å². The first-order valence-corrected chi connectivity index (χ1v) is 3.17. The molecule has 0 aliphatic heterocycles. The van der Waals surface area contributed by atoms with Gasteiger partial charge < -0.3 is 10.7 Å². The van der Waals surface area contributed by atoms with Crippen LogP contribution in [0.4, 0.5) is 0 Å². The molecule has 0 aliphatic carbocycles. The van der Waals surface area contributed by atoms with E-state index < -0.39 is 5.91 Å². The van der Waals surface area contributed by atoms with Crippen LogP contribution in [0.2, 0.25) is 0 Å². The van der Waals surface area contributed by atoms with E-state index in [4.69, 9.17) is 5.73 Å². The lowest BCUT2D eigenvalue weighted by Crippen LogP contribution is -2.05. The monoisotopic (exact) mass is 151 g/mol. The van der Waals surface area contributed by atoms with Gasteiger partial charge in [-0.15, -0.1) is 0 Å². The number of aryl methyl sites for hydroxylation is 1. The summed E-state index contributed by atoms with van der Waals surface area (Å²) in [5.41, 5.74) is 6.55. The highest BCUT2D eigenvalue weighted by Gasteiger charge is 1.94. The number of carbonyl (C=O) groups is 1. The molecule has 1 heterocycles. The lowest BCUT2D eigenvalue weighted by atomic mass is 10.3. The molecule has 1 aromatic rings. The highest BCUT2D eigenvalue weighted by atomic mass is 16.1. The third-order valence-electron chi connectivity index (χ3n) is 1.27. The SMILES string of the molecule is Cc1[nH]cnc1/C=C/C(N)=O. The number of imidazole rings is 1. The average Bonchev–Trinajstić information content (AvgIpc) is 2.31. The van der Waals surface area contributed by atoms with Gasteiger partial charge in [0.05, 0.1) is 12.0 Å². The molecule has 1 rings (SSSR count). The maximum Gasteiger partial charge on any atom is 0.241 e. The molecule has 0 radical (unpaired) electrons. The maximum atomic E-state index is 10.3. The molecule has 0 aromatic carbocycles. The number of carbonyl (C=O) groups excluding carboxylic acids is 1. The van der Waals surface area contributed by atoms with Crippen LogP contribution in [0.3, 0.4) is 0 Å². The van der Waals surface area contributed by atoms with E-state index in [2.05, 4.69) is 9.97 Å². The summed E-state index contributed by atoms with van der Waals surface area (Å²) in [6, 6.07) is 0. The quantitative estimate of drug-likeness (QED) is 0.593. The fraction of sp³-hybridized carbons (Fsp3) is 0.143. The van der Waals surface area contributed by atoms with Crippen molar-refractivity contribution in [2.75, 3.05) is 0 Å². The molecule has 3 N–H and O–H groups in total. The Kier molecular flexibility index (Phi) is 2.06. The van der Waals surface area contributed by atoms with Crippen LogP contribution in [0, 0.1) is 6.92 Å². The maximum absolute atomic E-state index is 10.3. The second-order valence-electron chi connectivity index (χ2n) is 2.15. The standard InChI is InChI=1S/C7H9N3O/c1-5-6(10-4-9-5)2-3-7(8)11/h2-4H,1H3,(H2,8,11)(H,9,10)/b3-2+. The molecule has 1 amide bonds. The van der Waals surface area contributed by atoms with Gasteiger partial charge in [0.1, 0.15) is 0 Å². The van der Waals surface area contributed by atoms with Crippen LogP contribution < -0.4 is 5.73 Å². The minimum atomic E-state index is -0.465. The fourth-order valence-corrected chi connectivity index (χ4v) is 0.699. The summed E-state index contributed by atoms with van der Waals surface area (Å²) in [4.78, 5) is 17.1. The Morgan fingerprint density at radius 3 is 3.00 bits per heavy atom. The topological polar surface area (TPSA) is 71.8 Å². The summed E-state index contributed by atoms with van der Waals surface area (Å²) in [6.07, 6.45) is 4.42. The van der Waals surface area contributed by atoms with Crippen molar-refractivity contribution in [3.05, 3.63) is 23.8 Å². The van der Waals surface area contributed by atoms with E-state index in [-0.39, 0.29) is 0 Å². The zero-order chi connectivity index (χ0) is 8.27. The molecular formula is C7H9N3O. The number of amides is 1. The number of rotatable bonds is 2. The van der Waals surface area contributed by atoms with E-state index in [1.54, 1.807) is 12.4 Å². The normalized spacial score (nSPS) is 10.6. The molecule has 0 spiro atoms. The van der Waals surface area contributed by atoms with Crippen molar-refractivity contribution in [1.82, 2.24) is 9.97 Å². The first-order chi connectivity index (χ1) is 5.20. The Bertz CT molecular complexity index is 288. The van der Waals surface area contributed by atoms with Gasteiger partial charge in [0, 0.05) is 11.8 Å². The lowest BCUT2D eigenvalue weighted by molar-refractivity contribution is -0.113. The van der Waals surface area contributed by atoms with Crippen LogP contribution in [-0.2, 0) is 4.79 Å². The van der Waals surface area contributed by atoms with Crippen molar-refractivity contribution < 1.29 is 4.79 Å². The van der Waals surface area contributed by atoms with Gasteiger partial charge in [-0.3, -0.25) is 4.79 Å². The molecule has 11 heavy (non-hydrogen) atoms.